The lowest BCUT2D eigenvalue weighted by molar-refractivity contribution is -0.142. The molecule has 1 fully saturated rings. The Bertz CT molecular complexity index is 705. The second-order valence-corrected chi connectivity index (χ2v) is 6.31. The zero-order chi connectivity index (χ0) is 16.9. The summed E-state index contributed by atoms with van der Waals surface area (Å²) in [6.45, 7) is 0.618. The zero-order valence-corrected chi connectivity index (χ0v) is 14.3. The molecule has 0 radical (unpaired) electrons. The van der Waals surface area contributed by atoms with Gasteiger partial charge in [-0.25, -0.2) is 0 Å². The second-order valence-electron chi connectivity index (χ2n) is 5.87. The van der Waals surface area contributed by atoms with Gasteiger partial charge < -0.3 is 14.8 Å². The van der Waals surface area contributed by atoms with Crippen LogP contribution in [-0.2, 0) is 16.0 Å². The molecule has 1 aliphatic rings. The van der Waals surface area contributed by atoms with Gasteiger partial charge in [-0.2, -0.15) is 0 Å². The summed E-state index contributed by atoms with van der Waals surface area (Å²) in [7, 11) is 1.40. The molecule has 0 aliphatic carbocycles. The van der Waals surface area contributed by atoms with Crippen molar-refractivity contribution < 1.29 is 14.3 Å². The van der Waals surface area contributed by atoms with Crippen LogP contribution in [0.15, 0.2) is 48.5 Å². The summed E-state index contributed by atoms with van der Waals surface area (Å²) in [5.41, 5.74) is 2.23. The molecule has 2 aromatic carbocycles. The first-order valence-electron chi connectivity index (χ1n) is 7.96. The van der Waals surface area contributed by atoms with Crippen molar-refractivity contribution in [3.8, 4) is 5.75 Å². The van der Waals surface area contributed by atoms with Crippen molar-refractivity contribution >= 4 is 17.6 Å². The lowest BCUT2D eigenvalue weighted by atomic mass is 10.0. The van der Waals surface area contributed by atoms with E-state index in [1.54, 1.807) is 0 Å². The standard InChI is InChI=1S/C19H20ClNO3/c1-23-19(22)17-11-16(12-21-17)24-18-8-7-15(20)10-14(18)9-13-5-3-2-4-6-13/h2-8,10,16-17,21H,9,11-12H2,1H3/t16-,17-/m0/s1. The van der Waals surface area contributed by atoms with E-state index in [4.69, 9.17) is 21.1 Å². The van der Waals surface area contributed by atoms with Gasteiger partial charge >= 0.3 is 5.97 Å². The fourth-order valence-electron chi connectivity index (χ4n) is 2.91. The Hall–Kier alpha value is -2.04. The third kappa shape index (κ3) is 4.08. The number of ether oxygens (including phenoxy) is 2. The van der Waals surface area contributed by atoms with Gasteiger partial charge in [0, 0.05) is 24.4 Å². The van der Waals surface area contributed by atoms with Crippen LogP contribution in [0.2, 0.25) is 5.02 Å². The molecule has 4 nitrogen and oxygen atoms in total. The van der Waals surface area contributed by atoms with Crippen molar-refractivity contribution in [2.75, 3.05) is 13.7 Å². The molecule has 2 aromatic rings. The number of esters is 1. The first-order chi connectivity index (χ1) is 11.7. The molecule has 1 aliphatic heterocycles. The van der Waals surface area contributed by atoms with Gasteiger partial charge in [0.2, 0.25) is 0 Å². The Morgan fingerprint density at radius 2 is 2.04 bits per heavy atom. The highest BCUT2D eigenvalue weighted by Crippen LogP contribution is 2.28. The third-order valence-corrected chi connectivity index (χ3v) is 4.36. The largest absolute Gasteiger partial charge is 0.489 e. The van der Waals surface area contributed by atoms with Gasteiger partial charge in [0.15, 0.2) is 0 Å². The van der Waals surface area contributed by atoms with Crippen molar-refractivity contribution in [2.24, 2.45) is 0 Å². The van der Waals surface area contributed by atoms with Crippen LogP contribution >= 0.6 is 11.6 Å². The highest BCUT2D eigenvalue weighted by molar-refractivity contribution is 6.30. The van der Waals surface area contributed by atoms with Gasteiger partial charge in [-0.15, -0.1) is 0 Å². The monoisotopic (exact) mass is 345 g/mol. The lowest BCUT2D eigenvalue weighted by Gasteiger charge is -2.17. The third-order valence-electron chi connectivity index (χ3n) is 4.13. The van der Waals surface area contributed by atoms with Gasteiger partial charge in [-0.05, 0) is 29.3 Å². The van der Waals surface area contributed by atoms with Gasteiger partial charge in [0.1, 0.15) is 17.9 Å². The van der Waals surface area contributed by atoms with E-state index < -0.39 is 0 Å². The Balaban J connectivity index is 1.73. The van der Waals surface area contributed by atoms with E-state index in [9.17, 15) is 4.79 Å². The van der Waals surface area contributed by atoms with E-state index in [0.29, 0.717) is 18.0 Å². The number of benzene rings is 2. The van der Waals surface area contributed by atoms with Crippen molar-refractivity contribution in [3.63, 3.8) is 0 Å². The minimum absolute atomic E-state index is 0.0650. The van der Waals surface area contributed by atoms with Crippen LogP contribution < -0.4 is 10.1 Å². The van der Waals surface area contributed by atoms with Crippen LogP contribution in [0, 0.1) is 0 Å². The Morgan fingerprint density at radius 3 is 2.79 bits per heavy atom. The molecule has 1 N–H and O–H groups in total. The van der Waals surface area contributed by atoms with Gasteiger partial charge in [-0.3, -0.25) is 4.79 Å². The number of carbonyl (C=O) groups is 1. The minimum Gasteiger partial charge on any atom is -0.489 e. The van der Waals surface area contributed by atoms with E-state index in [1.165, 1.54) is 12.7 Å². The van der Waals surface area contributed by atoms with Crippen LogP contribution in [-0.4, -0.2) is 31.8 Å². The van der Waals surface area contributed by atoms with E-state index in [2.05, 4.69) is 17.4 Å². The minimum atomic E-state index is -0.301. The summed E-state index contributed by atoms with van der Waals surface area (Å²) in [6.07, 6.45) is 1.28. The number of nitrogens with one attached hydrogen (secondary N) is 1. The maximum absolute atomic E-state index is 11.6. The summed E-state index contributed by atoms with van der Waals surface area (Å²) >= 11 is 6.15. The fraction of sp³-hybridized carbons (Fsp3) is 0.316. The molecule has 0 spiro atoms. The quantitative estimate of drug-likeness (QED) is 0.845. The molecule has 0 amide bonds. The highest BCUT2D eigenvalue weighted by atomic mass is 35.5. The van der Waals surface area contributed by atoms with Gasteiger partial charge in [0.25, 0.3) is 0 Å². The number of halogens is 1. The van der Waals surface area contributed by atoms with Gasteiger partial charge in [0.05, 0.1) is 7.11 Å². The normalized spacial score (nSPS) is 19.9. The lowest BCUT2D eigenvalue weighted by Crippen LogP contribution is -2.31. The number of hydrogen-bond acceptors (Lipinski definition) is 4. The summed E-state index contributed by atoms with van der Waals surface area (Å²) in [5.74, 6) is 0.558. The predicted molar refractivity (Wildman–Crippen MR) is 93.5 cm³/mol. The van der Waals surface area contributed by atoms with E-state index in [1.807, 2.05) is 36.4 Å². The molecule has 0 bridgehead atoms. The van der Waals surface area contributed by atoms with Crippen LogP contribution in [0.3, 0.4) is 0 Å². The van der Waals surface area contributed by atoms with E-state index >= 15 is 0 Å². The summed E-state index contributed by atoms with van der Waals surface area (Å²) < 4.78 is 10.9. The molecular formula is C19H20ClNO3. The number of rotatable bonds is 5. The maximum atomic E-state index is 11.6. The first kappa shape index (κ1) is 16.8. The van der Waals surface area contributed by atoms with Crippen LogP contribution in [0.1, 0.15) is 17.5 Å². The molecule has 2 atom stereocenters. The van der Waals surface area contributed by atoms with Crippen molar-refractivity contribution in [2.45, 2.75) is 25.0 Å². The molecule has 0 aromatic heterocycles. The number of hydrogen-bond donors (Lipinski definition) is 1. The molecule has 0 unspecified atom stereocenters. The Morgan fingerprint density at radius 1 is 1.25 bits per heavy atom. The van der Waals surface area contributed by atoms with Crippen LogP contribution in [0.25, 0.3) is 0 Å². The number of methoxy groups -OCH3 is 1. The molecule has 0 saturated carbocycles. The molecule has 24 heavy (non-hydrogen) atoms. The Kier molecular flexibility index (Phi) is 5.38. The van der Waals surface area contributed by atoms with Crippen LogP contribution in [0.4, 0.5) is 0 Å². The topological polar surface area (TPSA) is 47.6 Å². The van der Waals surface area contributed by atoms with Gasteiger partial charge in [-0.1, -0.05) is 41.9 Å². The summed E-state index contributed by atoms with van der Waals surface area (Å²) in [5, 5.41) is 3.82. The second kappa shape index (κ2) is 7.69. The SMILES string of the molecule is COC(=O)[C@@H]1C[C@H](Oc2ccc(Cl)cc2Cc2ccccc2)CN1. The van der Waals surface area contributed by atoms with Crippen molar-refractivity contribution in [1.82, 2.24) is 5.32 Å². The summed E-state index contributed by atoms with van der Waals surface area (Å²) in [6, 6.07) is 15.5. The van der Waals surface area contributed by atoms with Crippen molar-refractivity contribution in [1.29, 1.82) is 0 Å². The maximum Gasteiger partial charge on any atom is 0.323 e. The van der Waals surface area contributed by atoms with E-state index in [0.717, 1.165) is 17.7 Å². The first-order valence-corrected chi connectivity index (χ1v) is 8.33. The number of carbonyl (C=O) groups excluding carboxylic acids is 1. The van der Waals surface area contributed by atoms with E-state index in [-0.39, 0.29) is 18.1 Å². The average Bonchev–Trinajstić information content (AvgIpc) is 3.06. The highest BCUT2D eigenvalue weighted by Gasteiger charge is 2.31. The summed E-state index contributed by atoms with van der Waals surface area (Å²) in [4.78, 5) is 11.6. The smallest absolute Gasteiger partial charge is 0.323 e. The molecule has 1 saturated heterocycles. The zero-order valence-electron chi connectivity index (χ0n) is 13.5. The molecule has 126 valence electrons. The predicted octanol–water partition coefficient (Wildman–Crippen LogP) is 3.21. The average molecular weight is 346 g/mol. The van der Waals surface area contributed by atoms with Crippen LogP contribution in [0.5, 0.6) is 5.75 Å². The fourth-order valence-corrected chi connectivity index (χ4v) is 3.11. The molecule has 5 heteroatoms. The van der Waals surface area contributed by atoms with Crippen molar-refractivity contribution in [3.05, 3.63) is 64.7 Å². The Labute approximate surface area is 146 Å². The molecular weight excluding hydrogens is 326 g/mol. The molecule has 3 rings (SSSR count). The molecule has 1 heterocycles.